The maximum atomic E-state index is 6.43. The van der Waals surface area contributed by atoms with E-state index in [0.717, 1.165) is 60.9 Å². The van der Waals surface area contributed by atoms with E-state index in [1.54, 1.807) is 0 Å². The Bertz CT molecular complexity index is 560. The molecule has 0 unspecified atom stereocenters. The lowest BCUT2D eigenvalue weighted by atomic mass is 10.0. The normalized spacial score (nSPS) is 24.0. The lowest BCUT2D eigenvalue weighted by Gasteiger charge is -2.45. The van der Waals surface area contributed by atoms with Crippen molar-refractivity contribution in [2.75, 3.05) is 73.2 Å². The van der Waals surface area contributed by atoms with Gasteiger partial charge in [-0.05, 0) is 19.3 Å². The van der Waals surface area contributed by atoms with Crippen LogP contribution < -0.4 is 0 Å². The Morgan fingerprint density at radius 3 is 1.33 bits per heavy atom. The van der Waals surface area contributed by atoms with E-state index in [9.17, 15) is 0 Å². The molecule has 5 nitrogen and oxygen atoms in total. The average molecular weight is 571 g/mol. The molecule has 0 atom stereocenters. The Hall–Kier alpha value is 0.0169. The molecule has 0 aromatic carbocycles. The van der Waals surface area contributed by atoms with Crippen LogP contribution in [0.2, 0.25) is 6.04 Å². The van der Waals surface area contributed by atoms with E-state index >= 15 is 0 Å². The number of hydrogen-bond donors (Lipinski definition) is 0. The van der Waals surface area contributed by atoms with E-state index in [-0.39, 0.29) is 0 Å². The molecule has 39 heavy (non-hydrogen) atoms. The summed E-state index contributed by atoms with van der Waals surface area (Å²) in [7, 11) is 2.32. The first-order valence-corrected chi connectivity index (χ1v) is 19.5. The Balaban J connectivity index is 1.46. The average Bonchev–Trinajstić information content (AvgIpc) is 2.88. The van der Waals surface area contributed by atoms with Crippen LogP contribution in [0.1, 0.15) is 136 Å². The zero-order chi connectivity index (χ0) is 28.1. The summed E-state index contributed by atoms with van der Waals surface area (Å²) < 4.78 is 21.5. The highest BCUT2D eigenvalue weighted by molar-refractivity contribution is 6.60. The van der Waals surface area contributed by atoms with Crippen molar-refractivity contribution in [1.82, 2.24) is 0 Å². The van der Waals surface area contributed by atoms with Crippen LogP contribution in [0.5, 0.6) is 0 Å². The molecule has 3 heterocycles. The molecule has 3 fully saturated rings. The standard InChI is InChI=1S/C33H70N2O3Si/c1-5-7-9-10-11-12-13-14-15-16-17-18-19-20-21-22-24-34(3,4)25-23-33-39-36-30-27-35(26-8-6-2,28-31-37-39)29-32-38-39/h5-33H2,1-4H3/q+2. The lowest BCUT2D eigenvalue weighted by molar-refractivity contribution is -0.930. The molecule has 3 aliphatic heterocycles. The summed E-state index contributed by atoms with van der Waals surface area (Å²) in [5.41, 5.74) is 0. The van der Waals surface area contributed by atoms with Gasteiger partial charge in [-0.1, -0.05) is 110 Å². The van der Waals surface area contributed by atoms with Crippen molar-refractivity contribution in [2.24, 2.45) is 0 Å². The first-order chi connectivity index (χ1) is 18.9. The van der Waals surface area contributed by atoms with Crippen molar-refractivity contribution in [1.29, 1.82) is 0 Å². The highest BCUT2D eigenvalue weighted by Gasteiger charge is 2.47. The summed E-state index contributed by atoms with van der Waals surface area (Å²) >= 11 is 0. The van der Waals surface area contributed by atoms with Crippen LogP contribution in [-0.4, -0.2) is 91.0 Å². The topological polar surface area (TPSA) is 27.7 Å². The van der Waals surface area contributed by atoms with E-state index in [4.69, 9.17) is 13.3 Å². The van der Waals surface area contributed by atoms with Crippen LogP contribution in [0.4, 0.5) is 0 Å². The summed E-state index contributed by atoms with van der Waals surface area (Å²) in [4.78, 5) is 0. The quantitative estimate of drug-likeness (QED) is 0.0663. The minimum atomic E-state index is -2.49. The van der Waals surface area contributed by atoms with Crippen LogP contribution in [-0.2, 0) is 13.3 Å². The molecule has 0 amide bonds. The molecule has 0 radical (unpaired) electrons. The summed E-state index contributed by atoms with van der Waals surface area (Å²) in [6.45, 7) is 14.2. The van der Waals surface area contributed by atoms with E-state index in [0.29, 0.717) is 0 Å². The van der Waals surface area contributed by atoms with Gasteiger partial charge in [0.25, 0.3) is 0 Å². The molecular weight excluding hydrogens is 500 g/mol. The van der Waals surface area contributed by atoms with E-state index in [2.05, 4.69) is 27.9 Å². The number of unbranched alkanes of at least 4 members (excludes halogenated alkanes) is 16. The van der Waals surface area contributed by atoms with Crippen molar-refractivity contribution in [2.45, 2.75) is 142 Å². The second-order valence-electron chi connectivity index (χ2n) is 13.6. The van der Waals surface area contributed by atoms with Crippen molar-refractivity contribution >= 4 is 8.80 Å². The zero-order valence-electron chi connectivity index (χ0n) is 27.1. The smallest absolute Gasteiger partial charge is 0.368 e. The number of hydrogen-bond acceptors (Lipinski definition) is 3. The van der Waals surface area contributed by atoms with Crippen molar-refractivity contribution < 1.29 is 22.2 Å². The summed E-state index contributed by atoms with van der Waals surface area (Å²) in [6, 6.07) is 0.989. The molecule has 0 spiro atoms. The number of nitrogens with zero attached hydrogens (tertiary/aromatic N) is 2. The Labute approximate surface area is 245 Å². The monoisotopic (exact) mass is 571 g/mol. The van der Waals surface area contributed by atoms with Gasteiger partial charge in [0.05, 0.1) is 53.6 Å². The van der Waals surface area contributed by atoms with Gasteiger partial charge in [0, 0.05) is 12.5 Å². The number of fused-ring (bicyclic) bond motifs is 6. The second kappa shape index (κ2) is 20.8. The SMILES string of the molecule is CCCCCCCCCCCCCCCCCC[N+](C)(C)CCC[Si]12OCC[N+](CCCC)(CCO1)CCO2. The van der Waals surface area contributed by atoms with Gasteiger partial charge in [-0.3, -0.25) is 0 Å². The summed E-state index contributed by atoms with van der Waals surface area (Å²) in [6.07, 6.45) is 26.7. The summed E-state index contributed by atoms with van der Waals surface area (Å²) in [5.74, 6) is 0. The van der Waals surface area contributed by atoms with Gasteiger partial charge in [-0.2, -0.15) is 0 Å². The third kappa shape index (κ3) is 15.7. The minimum absolute atomic E-state index is 0.813. The van der Waals surface area contributed by atoms with Crippen LogP contribution in [0.3, 0.4) is 0 Å². The van der Waals surface area contributed by atoms with Crippen LogP contribution >= 0.6 is 0 Å². The zero-order valence-corrected chi connectivity index (χ0v) is 28.1. The molecule has 0 saturated carbocycles. The highest BCUT2D eigenvalue weighted by atomic mass is 28.4. The fourth-order valence-electron chi connectivity index (χ4n) is 6.61. The molecule has 3 saturated heterocycles. The summed E-state index contributed by atoms with van der Waals surface area (Å²) in [5, 5.41) is 0. The molecule has 232 valence electrons. The van der Waals surface area contributed by atoms with E-state index in [1.807, 2.05) is 0 Å². The van der Waals surface area contributed by atoms with Crippen molar-refractivity contribution in [3.63, 3.8) is 0 Å². The molecule has 2 bridgehead atoms. The van der Waals surface area contributed by atoms with Crippen LogP contribution in [0.25, 0.3) is 0 Å². The Kier molecular flexibility index (Phi) is 18.8. The van der Waals surface area contributed by atoms with Crippen LogP contribution in [0, 0.1) is 0 Å². The fourth-order valence-corrected chi connectivity index (χ4v) is 9.09. The van der Waals surface area contributed by atoms with Crippen molar-refractivity contribution in [3.8, 4) is 0 Å². The first kappa shape index (κ1) is 35.2. The van der Waals surface area contributed by atoms with E-state index < -0.39 is 8.80 Å². The second-order valence-corrected chi connectivity index (χ2v) is 16.3. The minimum Gasteiger partial charge on any atom is -0.368 e. The predicted molar refractivity (Wildman–Crippen MR) is 169 cm³/mol. The maximum Gasteiger partial charge on any atom is 0.501 e. The molecule has 0 aromatic heterocycles. The molecular formula is C33H70N2O3Si+2. The van der Waals surface area contributed by atoms with Crippen molar-refractivity contribution in [3.05, 3.63) is 0 Å². The predicted octanol–water partition coefficient (Wildman–Crippen LogP) is 8.35. The number of quaternary nitrogens is 2. The molecule has 0 aliphatic carbocycles. The van der Waals surface area contributed by atoms with Crippen LogP contribution in [0.15, 0.2) is 0 Å². The van der Waals surface area contributed by atoms with Gasteiger partial charge in [0.1, 0.15) is 19.6 Å². The third-order valence-corrected chi connectivity index (χ3v) is 12.4. The van der Waals surface area contributed by atoms with Gasteiger partial charge in [0.2, 0.25) is 0 Å². The molecule has 3 aliphatic rings. The Morgan fingerprint density at radius 1 is 0.513 bits per heavy atom. The number of rotatable bonds is 24. The van der Waals surface area contributed by atoms with Gasteiger partial charge in [-0.15, -0.1) is 0 Å². The largest absolute Gasteiger partial charge is 0.501 e. The lowest BCUT2D eigenvalue weighted by Crippen LogP contribution is -2.63. The molecule has 3 rings (SSSR count). The Morgan fingerprint density at radius 2 is 0.897 bits per heavy atom. The first-order valence-electron chi connectivity index (χ1n) is 17.5. The highest BCUT2D eigenvalue weighted by Crippen LogP contribution is 2.26. The maximum absolute atomic E-state index is 6.43. The molecule has 6 heteroatoms. The van der Waals surface area contributed by atoms with E-state index in [1.165, 1.54) is 135 Å². The van der Waals surface area contributed by atoms with Gasteiger partial charge in [0.15, 0.2) is 0 Å². The molecule has 0 aromatic rings. The fraction of sp³-hybridized carbons (Fsp3) is 1.00. The third-order valence-electron chi connectivity index (χ3n) is 9.51. The van der Waals surface area contributed by atoms with Gasteiger partial charge in [-0.25, -0.2) is 0 Å². The van der Waals surface area contributed by atoms with Gasteiger partial charge < -0.3 is 22.2 Å². The molecule has 0 N–H and O–H groups in total. The van der Waals surface area contributed by atoms with Gasteiger partial charge >= 0.3 is 8.80 Å².